The molecule has 0 aromatic carbocycles. The smallest absolute Gasteiger partial charge is 0.251 e. The molecule has 0 aliphatic carbocycles. The molecule has 1 amide bonds. The average Bonchev–Trinajstić information content (AvgIpc) is 3.12. The molecule has 32 heavy (non-hydrogen) atoms. The predicted octanol–water partition coefficient (Wildman–Crippen LogP) is 1.37. The summed E-state index contributed by atoms with van der Waals surface area (Å²) in [6, 6.07) is 9.02. The number of nitrogens with zero attached hydrogens (tertiary/aromatic N) is 5. The van der Waals surface area contributed by atoms with Crippen LogP contribution >= 0.6 is 0 Å². The summed E-state index contributed by atoms with van der Waals surface area (Å²) in [5.74, 6) is 0.425. The summed E-state index contributed by atoms with van der Waals surface area (Å²) >= 11 is 0. The first-order chi connectivity index (χ1) is 15.5. The average molecular weight is 435 g/mol. The number of carbonyl (C=O) groups excluding carboxylic acids is 1. The van der Waals surface area contributed by atoms with Gasteiger partial charge in [-0.15, -0.1) is 0 Å². The highest BCUT2D eigenvalue weighted by molar-refractivity contribution is 5.81. The first-order valence-electron chi connectivity index (χ1n) is 11.5. The number of carbonyl (C=O) groups is 1. The summed E-state index contributed by atoms with van der Waals surface area (Å²) < 4.78 is 1.80. The van der Waals surface area contributed by atoms with Crippen LogP contribution in [0.15, 0.2) is 35.3 Å². The molecule has 0 radical (unpaired) electrons. The van der Waals surface area contributed by atoms with Crippen LogP contribution < -0.4 is 5.56 Å². The molecule has 3 aliphatic rings. The third-order valence-corrected chi connectivity index (χ3v) is 7.28. The van der Waals surface area contributed by atoms with Crippen molar-refractivity contribution in [3.05, 3.63) is 57.8 Å². The number of piperidine rings is 1. The molecule has 3 aliphatic heterocycles. The molecule has 8 nitrogen and oxygen atoms in total. The fourth-order valence-corrected chi connectivity index (χ4v) is 5.78. The van der Waals surface area contributed by atoms with Crippen LogP contribution in [-0.2, 0) is 11.3 Å². The van der Waals surface area contributed by atoms with Crippen molar-refractivity contribution in [2.45, 2.75) is 31.3 Å². The molecule has 0 saturated carbocycles. The van der Waals surface area contributed by atoms with E-state index in [1.165, 1.54) is 0 Å². The summed E-state index contributed by atoms with van der Waals surface area (Å²) in [7, 11) is 2.09. The minimum Gasteiger partial charge on any atom is -0.353 e. The van der Waals surface area contributed by atoms with Crippen LogP contribution in [0.25, 0.3) is 0 Å². The maximum Gasteiger partial charge on any atom is 0.251 e. The van der Waals surface area contributed by atoms with Gasteiger partial charge in [-0.2, -0.15) is 5.26 Å². The van der Waals surface area contributed by atoms with Crippen molar-refractivity contribution in [2.24, 2.45) is 5.92 Å². The van der Waals surface area contributed by atoms with Gasteiger partial charge in [-0.05, 0) is 44.1 Å². The molecule has 5 heterocycles. The monoisotopic (exact) mass is 434 g/mol. The second-order valence-electron chi connectivity index (χ2n) is 9.51. The number of likely N-dealkylation sites (tertiary alicyclic amines) is 1. The SMILES string of the molecule is CN1CCCN(C(=O)[C@H]2[C@@H]3C[C@@H](CN(Cc4c[nH]c(C#N)c4)C3)c3cccc(=O)n32)CC1. The second kappa shape index (κ2) is 8.57. The Hall–Kier alpha value is -2.89. The van der Waals surface area contributed by atoms with Crippen LogP contribution in [0.3, 0.4) is 0 Å². The topological polar surface area (TPSA) is 88.4 Å². The Kier molecular flexibility index (Phi) is 5.62. The van der Waals surface area contributed by atoms with E-state index >= 15 is 0 Å². The number of likely N-dealkylation sites (N-methyl/N-ethyl adjacent to an activating group) is 1. The lowest BCUT2D eigenvalue weighted by Crippen LogP contribution is -2.54. The van der Waals surface area contributed by atoms with Crippen LogP contribution in [0.4, 0.5) is 0 Å². The van der Waals surface area contributed by atoms with E-state index in [1.54, 1.807) is 10.6 Å². The van der Waals surface area contributed by atoms with Gasteiger partial charge < -0.3 is 14.8 Å². The molecule has 1 N–H and O–H groups in total. The molecule has 168 valence electrons. The van der Waals surface area contributed by atoms with E-state index < -0.39 is 6.04 Å². The number of nitriles is 1. The highest BCUT2D eigenvalue weighted by Gasteiger charge is 2.45. The number of fused-ring (bicyclic) bond motifs is 4. The minimum absolute atomic E-state index is 0.0692. The highest BCUT2D eigenvalue weighted by Crippen LogP contribution is 2.42. The van der Waals surface area contributed by atoms with E-state index in [9.17, 15) is 9.59 Å². The fourth-order valence-electron chi connectivity index (χ4n) is 5.78. The predicted molar refractivity (Wildman–Crippen MR) is 120 cm³/mol. The van der Waals surface area contributed by atoms with Crippen molar-refractivity contribution >= 4 is 5.91 Å². The standard InChI is InChI=1S/C24H30N6O2/c1-27-6-3-7-29(9-8-27)24(32)23-19-11-18(21-4-2-5-22(31)30(21)23)15-28(16-19)14-17-10-20(12-25)26-13-17/h2,4-5,10,13,18-19,23,26H,3,6-9,11,14-16H2,1H3/t18-,19+,23+/m0/s1. The minimum atomic E-state index is -0.443. The number of aromatic amines is 1. The van der Waals surface area contributed by atoms with E-state index in [-0.39, 0.29) is 23.3 Å². The van der Waals surface area contributed by atoms with Gasteiger partial charge in [0.15, 0.2) is 0 Å². The molecule has 2 bridgehead atoms. The second-order valence-corrected chi connectivity index (χ2v) is 9.51. The van der Waals surface area contributed by atoms with Crippen molar-refractivity contribution in [1.82, 2.24) is 24.3 Å². The van der Waals surface area contributed by atoms with Gasteiger partial charge in [0.25, 0.3) is 5.56 Å². The van der Waals surface area contributed by atoms with Crippen LogP contribution in [0.5, 0.6) is 0 Å². The van der Waals surface area contributed by atoms with Crippen LogP contribution in [0.1, 0.15) is 41.8 Å². The number of nitrogens with one attached hydrogen (secondary N) is 1. The van der Waals surface area contributed by atoms with E-state index in [0.717, 1.165) is 63.4 Å². The number of rotatable bonds is 3. The van der Waals surface area contributed by atoms with Gasteiger partial charge in [0.2, 0.25) is 5.91 Å². The van der Waals surface area contributed by atoms with E-state index in [0.29, 0.717) is 12.2 Å². The number of hydrogen-bond acceptors (Lipinski definition) is 5. The Labute approximate surface area is 188 Å². The van der Waals surface area contributed by atoms with E-state index in [1.807, 2.05) is 29.3 Å². The van der Waals surface area contributed by atoms with Gasteiger partial charge in [-0.1, -0.05) is 6.07 Å². The zero-order chi connectivity index (χ0) is 22.2. The van der Waals surface area contributed by atoms with Gasteiger partial charge in [0, 0.05) is 69.1 Å². The first-order valence-corrected chi connectivity index (χ1v) is 11.5. The van der Waals surface area contributed by atoms with Crippen molar-refractivity contribution in [2.75, 3.05) is 46.3 Å². The van der Waals surface area contributed by atoms with Gasteiger partial charge in [-0.3, -0.25) is 19.1 Å². The van der Waals surface area contributed by atoms with Crippen LogP contribution in [0, 0.1) is 17.2 Å². The molecular weight excluding hydrogens is 404 g/mol. The zero-order valence-electron chi connectivity index (χ0n) is 18.5. The Morgan fingerprint density at radius 2 is 2.09 bits per heavy atom. The summed E-state index contributed by atoms with van der Waals surface area (Å²) in [4.78, 5) is 36.4. The quantitative estimate of drug-likeness (QED) is 0.788. The molecule has 0 spiro atoms. The maximum absolute atomic E-state index is 13.8. The molecule has 2 saturated heterocycles. The molecule has 2 fully saturated rings. The lowest BCUT2D eigenvalue weighted by atomic mass is 9.78. The lowest BCUT2D eigenvalue weighted by molar-refractivity contribution is -0.138. The van der Waals surface area contributed by atoms with Gasteiger partial charge in [0.1, 0.15) is 17.8 Å². The van der Waals surface area contributed by atoms with Crippen molar-refractivity contribution in [1.29, 1.82) is 5.26 Å². The number of pyridine rings is 1. The number of H-pyrrole nitrogens is 1. The largest absolute Gasteiger partial charge is 0.353 e. The molecule has 2 aromatic rings. The third-order valence-electron chi connectivity index (χ3n) is 7.28. The number of aromatic nitrogens is 2. The Morgan fingerprint density at radius 3 is 2.91 bits per heavy atom. The third kappa shape index (κ3) is 3.87. The van der Waals surface area contributed by atoms with Crippen LogP contribution in [-0.4, -0.2) is 76.5 Å². The Bertz CT molecular complexity index is 1100. The summed E-state index contributed by atoms with van der Waals surface area (Å²) in [5, 5.41) is 9.11. The maximum atomic E-state index is 13.8. The molecule has 3 atom stereocenters. The summed E-state index contributed by atoms with van der Waals surface area (Å²) in [5.41, 5.74) is 2.55. The molecule has 5 rings (SSSR count). The Morgan fingerprint density at radius 1 is 1.22 bits per heavy atom. The fraction of sp³-hybridized carbons (Fsp3) is 0.542. The molecule has 0 unspecified atom stereocenters. The summed E-state index contributed by atoms with van der Waals surface area (Å²) in [6.07, 6.45) is 3.78. The Balaban J connectivity index is 1.45. The highest BCUT2D eigenvalue weighted by atomic mass is 16.2. The molecule has 8 heteroatoms. The first kappa shape index (κ1) is 21.0. The molecular formula is C24H30N6O2. The van der Waals surface area contributed by atoms with Crippen LogP contribution in [0.2, 0.25) is 0 Å². The van der Waals surface area contributed by atoms with Crippen molar-refractivity contribution in [3.8, 4) is 6.07 Å². The van der Waals surface area contributed by atoms with E-state index in [4.69, 9.17) is 5.26 Å². The van der Waals surface area contributed by atoms with Gasteiger partial charge >= 0.3 is 0 Å². The zero-order valence-corrected chi connectivity index (χ0v) is 18.5. The number of hydrogen-bond donors (Lipinski definition) is 1. The van der Waals surface area contributed by atoms with Gasteiger partial charge in [0.05, 0.1) is 0 Å². The normalized spacial score (nSPS) is 26.2. The molecule has 2 aromatic heterocycles. The van der Waals surface area contributed by atoms with Crippen molar-refractivity contribution in [3.63, 3.8) is 0 Å². The van der Waals surface area contributed by atoms with Crippen molar-refractivity contribution < 1.29 is 4.79 Å². The number of amides is 1. The van der Waals surface area contributed by atoms with Gasteiger partial charge in [-0.25, -0.2) is 0 Å². The van der Waals surface area contributed by atoms with E-state index in [2.05, 4.69) is 27.9 Å². The lowest BCUT2D eigenvalue weighted by Gasteiger charge is -2.47. The summed E-state index contributed by atoms with van der Waals surface area (Å²) in [6.45, 7) is 5.67.